The zero-order valence-electron chi connectivity index (χ0n) is 20.4. The van der Waals surface area contributed by atoms with Gasteiger partial charge >= 0.3 is 0 Å². The largest absolute Gasteiger partial charge is 0.369 e. The highest BCUT2D eigenvalue weighted by Crippen LogP contribution is 2.35. The molecule has 5 heteroatoms. The summed E-state index contributed by atoms with van der Waals surface area (Å²) in [4.78, 5) is 24.9. The number of hydrogen-bond donors (Lipinski definition) is 0. The molecule has 0 radical (unpaired) electrons. The average Bonchev–Trinajstić information content (AvgIpc) is 2.81. The van der Waals surface area contributed by atoms with Crippen molar-refractivity contribution >= 4 is 22.7 Å². The van der Waals surface area contributed by atoms with Crippen molar-refractivity contribution in [1.29, 1.82) is 0 Å². The fourth-order valence-corrected chi connectivity index (χ4v) is 4.43. The number of pyridine rings is 1. The second-order valence-corrected chi connectivity index (χ2v) is 8.27. The zero-order chi connectivity index (χ0) is 23.3. The summed E-state index contributed by atoms with van der Waals surface area (Å²) in [7, 11) is 2.07. The molecule has 0 N–H and O–H groups in total. The van der Waals surface area contributed by atoms with Crippen molar-refractivity contribution < 1.29 is 0 Å². The van der Waals surface area contributed by atoms with E-state index in [2.05, 4.69) is 55.1 Å². The number of anilines is 1. The van der Waals surface area contributed by atoms with Crippen LogP contribution in [0.2, 0.25) is 0 Å². The lowest BCUT2D eigenvalue weighted by molar-refractivity contribution is 0.433. The number of hydrogen-bond acceptors (Lipinski definition) is 4. The Kier molecular flexibility index (Phi) is 7.84. The highest BCUT2D eigenvalue weighted by Gasteiger charge is 2.22. The molecule has 1 aromatic carbocycles. The molecule has 5 nitrogen and oxygen atoms in total. The summed E-state index contributed by atoms with van der Waals surface area (Å²) in [6.07, 6.45) is 11.7. The average molecular weight is 433 g/mol. The molecule has 0 amide bonds. The summed E-state index contributed by atoms with van der Waals surface area (Å²) in [5.41, 5.74) is 6.37. The molecule has 4 rings (SSSR count). The van der Waals surface area contributed by atoms with Crippen LogP contribution in [0, 0.1) is 6.92 Å². The van der Waals surface area contributed by atoms with E-state index in [4.69, 9.17) is 4.98 Å². The third kappa shape index (κ3) is 4.62. The predicted octanol–water partition coefficient (Wildman–Crippen LogP) is 5.93. The van der Waals surface area contributed by atoms with Crippen molar-refractivity contribution in [2.45, 2.75) is 66.3 Å². The number of aryl methyl sites for hydroxylation is 1. The molecular formula is C27H36N4O. The van der Waals surface area contributed by atoms with Crippen molar-refractivity contribution in [3.8, 4) is 0 Å². The summed E-state index contributed by atoms with van der Waals surface area (Å²) >= 11 is 0. The lowest BCUT2D eigenvalue weighted by Gasteiger charge is -2.27. The fourth-order valence-electron chi connectivity index (χ4n) is 4.43. The van der Waals surface area contributed by atoms with Crippen LogP contribution in [-0.2, 0) is 6.42 Å². The van der Waals surface area contributed by atoms with Crippen LogP contribution in [0.3, 0.4) is 0 Å². The molecule has 1 aliphatic rings. The molecule has 0 saturated heterocycles. The maximum atomic E-state index is 13.5. The van der Waals surface area contributed by atoms with Crippen LogP contribution in [0.5, 0.6) is 0 Å². The summed E-state index contributed by atoms with van der Waals surface area (Å²) in [6.45, 7) is 11.1. The summed E-state index contributed by atoms with van der Waals surface area (Å²) in [5.74, 6) is 0. The third-order valence-electron chi connectivity index (χ3n) is 6.07. The van der Waals surface area contributed by atoms with E-state index in [-0.39, 0.29) is 11.6 Å². The van der Waals surface area contributed by atoms with Crippen molar-refractivity contribution in [3.05, 3.63) is 69.5 Å². The van der Waals surface area contributed by atoms with E-state index in [0.717, 1.165) is 65.8 Å². The summed E-state index contributed by atoms with van der Waals surface area (Å²) in [6, 6.07) is 6.40. The van der Waals surface area contributed by atoms with Gasteiger partial charge in [0.1, 0.15) is 5.52 Å². The molecule has 1 aliphatic heterocycles. The number of nitrogens with zero attached hydrogens (tertiary/aromatic N) is 4. The van der Waals surface area contributed by atoms with Gasteiger partial charge in [-0.25, -0.2) is 4.98 Å². The van der Waals surface area contributed by atoms with Gasteiger partial charge in [-0.3, -0.25) is 14.3 Å². The van der Waals surface area contributed by atoms with E-state index >= 15 is 0 Å². The van der Waals surface area contributed by atoms with E-state index < -0.39 is 0 Å². The highest BCUT2D eigenvalue weighted by atomic mass is 16.1. The molecule has 2 aromatic heterocycles. The molecule has 3 aromatic rings. The standard InChI is InChI=1S/C25H30N4O.C2H6/c1-5-8-20(6-2)29-16-27-23-22(25(29)30)14-19(13-18-11-10-17(3)26-15-18)21-9-7-12-28(4)24(21)23;1-2/h7,9-11,14-16,20H,5-6,8,12-13H2,1-4H3;1-2H3. The maximum absolute atomic E-state index is 13.5. The van der Waals surface area contributed by atoms with Gasteiger partial charge in [-0.05, 0) is 49.4 Å². The third-order valence-corrected chi connectivity index (χ3v) is 6.07. The molecule has 3 heterocycles. The van der Waals surface area contributed by atoms with Gasteiger partial charge in [0, 0.05) is 37.1 Å². The van der Waals surface area contributed by atoms with Gasteiger partial charge < -0.3 is 4.90 Å². The molecule has 32 heavy (non-hydrogen) atoms. The normalized spacial score (nSPS) is 13.5. The Morgan fingerprint density at radius 2 is 1.94 bits per heavy atom. The van der Waals surface area contributed by atoms with E-state index in [0.29, 0.717) is 5.39 Å². The molecule has 170 valence electrons. The smallest absolute Gasteiger partial charge is 0.261 e. The van der Waals surface area contributed by atoms with Gasteiger partial charge in [-0.1, -0.05) is 52.3 Å². The molecule has 1 atom stereocenters. The molecule has 0 aliphatic carbocycles. The first-order valence-corrected chi connectivity index (χ1v) is 11.9. The SMILES string of the molecule is CC.CCCC(CC)n1cnc2c3c(c(Cc4ccc(C)nc4)cc2c1=O)C=CCN3C. The van der Waals surface area contributed by atoms with Crippen LogP contribution in [0.25, 0.3) is 17.0 Å². The second-order valence-electron chi connectivity index (χ2n) is 8.27. The van der Waals surface area contributed by atoms with Gasteiger partial charge in [0.05, 0.1) is 17.4 Å². The minimum absolute atomic E-state index is 0.0642. The monoisotopic (exact) mass is 432 g/mol. The van der Waals surface area contributed by atoms with Gasteiger partial charge in [-0.2, -0.15) is 0 Å². The van der Waals surface area contributed by atoms with E-state index in [1.54, 1.807) is 6.33 Å². The fraction of sp³-hybridized carbons (Fsp3) is 0.444. The number of aromatic nitrogens is 3. The van der Waals surface area contributed by atoms with Crippen molar-refractivity contribution in [2.75, 3.05) is 18.5 Å². The molecule has 0 spiro atoms. The molecule has 1 unspecified atom stereocenters. The van der Waals surface area contributed by atoms with Gasteiger partial charge in [0.15, 0.2) is 0 Å². The van der Waals surface area contributed by atoms with Crippen LogP contribution in [0.15, 0.2) is 41.6 Å². The van der Waals surface area contributed by atoms with E-state index in [9.17, 15) is 4.79 Å². The Morgan fingerprint density at radius 3 is 2.59 bits per heavy atom. The van der Waals surface area contributed by atoms with Crippen LogP contribution in [0.4, 0.5) is 5.69 Å². The lowest BCUT2D eigenvalue weighted by Crippen LogP contribution is -2.27. The maximum Gasteiger partial charge on any atom is 0.261 e. The number of benzene rings is 1. The first kappa shape index (κ1) is 23.7. The van der Waals surface area contributed by atoms with E-state index in [1.165, 1.54) is 0 Å². The number of likely N-dealkylation sites (N-methyl/N-ethyl adjacent to an activating group) is 1. The Balaban J connectivity index is 0.00000141. The predicted molar refractivity (Wildman–Crippen MR) is 136 cm³/mol. The first-order chi connectivity index (χ1) is 15.5. The highest BCUT2D eigenvalue weighted by molar-refractivity contribution is 5.97. The topological polar surface area (TPSA) is 51.0 Å². The van der Waals surface area contributed by atoms with E-state index in [1.807, 2.05) is 37.6 Å². The minimum Gasteiger partial charge on any atom is -0.369 e. The van der Waals surface area contributed by atoms with Crippen molar-refractivity contribution in [1.82, 2.24) is 14.5 Å². The Morgan fingerprint density at radius 1 is 1.16 bits per heavy atom. The van der Waals surface area contributed by atoms with Crippen LogP contribution < -0.4 is 10.5 Å². The Labute approximate surface area is 191 Å². The zero-order valence-corrected chi connectivity index (χ0v) is 20.4. The van der Waals surface area contributed by atoms with Gasteiger partial charge in [0.25, 0.3) is 5.56 Å². The molecule has 0 fully saturated rings. The van der Waals surface area contributed by atoms with Crippen LogP contribution in [-0.4, -0.2) is 28.1 Å². The number of fused-ring (bicyclic) bond motifs is 3. The van der Waals surface area contributed by atoms with Crippen molar-refractivity contribution in [3.63, 3.8) is 0 Å². The molecule has 0 bridgehead atoms. The second kappa shape index (κ2) is 10.6. The van der Waals surface area contributed by atoms with Gasteiger partial charge in [0.2, 0.25) is 0 Å². The molecular weight excluding hydrogens is 396 g/mol. The lowest BCUT2D eigenvalue weighted by atomic mass is 9.94. The summed E-state index contributed by atoms with van der Waals surface area (Å²) in [5, 5.41) is 0.711. The van der Waals surface area contributed by atoms with Crippen LogP contribution in [0.1, 0.15) is 75.4 Å². The molecule has 0 saturated carbocycles. The Hall–Kier alpha value is -2.95. The first-order valence-electron chi connectivity index (χ1n) is 11.9. The quantitative estimate of drug-likeness (QED) is 0.484. The Bertz CT molecular complexity index is 1150. The van der Waals surface area contributed by atoms with Crippen LogP contribution >= 0.6 is 0 Å². The number of rotatable bonds is 6. The summed E-state index contributed by atoms with van der Waals surface area (Å²) < 4.78 is 1.84. The van der Waals surface area contributed by atoms with Crippen molar-refractivity contribution in [2.24, 2.45) is 0 Å². The minimum atomic E-state index is 0.0642. The van der Waals surface area contributed by atoms with Gasteiger partial charge in [-0.15, -0.1) is 0 Å².